The third-order valence-corrected chi connectivity index (χ3v) is 3.50. The Morgan fingerprint density at radius 3 is 3.12 bits per heavy atom. The SMILES string of the molecule is Cc1ccc(Br)cc1NCCC1CCCO1. The van der Waals surface area contributed by atoms with Gasteiger partial charge in [-0.2, -0.15) is 0 Å². The molecule has 1 aliphatic rings. The van der Waals surface area contributed by atoms with Gasteiger partial charge in [0, 0.05) is 23.3 Å². The van der Waals surface area contributed by atoms with Gasteiger partial charge in [-0.25, -0.2) is 0 Å². The van der Waals surface area contributed by atoms with Crippen LogP contribution in [0.1, 0.15) is 24.8 Å². The smallest absolute Gasteiger partial charge is 0.0592 e. The lowest BCUT2D eigenvalue weighted by molar-refractivity contribution is 0.107. The molecule has 2 nitrogen and oxygen atoms in total. The minimum Gasteiger partial charge on any atom is -0.385 e. The average Bonchev–Trinajstić information content (AvgIpc) is 2.76. The Kier molecular flexibility index (Phi) is 4.24. The minimum absolute atomic E-state index is 0.472. The fourth-order valence-corrected chi connectivity index (χ4v) is 2.39. The van der Waals surface area contributed by atoms with E-state index in [4.69, 9.17) is 4.74 Å². The van der Waals surface area contributed by atoms with E-state index in [0.29, 0.717) is 6.10 Å². The van der Waals surface area contributed by atoms with Crippen molar-refractivity contribution in [3.05, 3.63) is 28.2 Å². The molecule has 0 amide bonds. The maximum atomic E-state index is 5.60. The van der Waals surface area contributed by atoms with E-state index >= 15 is 0 Å². The topological polar surface area (TPSA) is 21.3 Å². The van der Waals surface area contributed by atoms with Crippen molar-refractivity contribution in [1.29, 1.82) is 0 Å². The Morgan fingerprint density at radius 2 is 2.38 bits per heavy atom. The van der Waals surface area contributed by atoms with Crippen molar-refractivity contribution in [2.45, 2.75) is 32.3 Å². The molecule has 1 N–H and O–H groups in total. The van der Waals surface area contributed by atoms with Crippen LogP contribution in [0.15, 0.2) is 22.7 Å². The number of anilines is 1. The molecule has 88 valence electrons. The molecule has 1 aromatic carbocycles. The molecule has 3 heteroatoms. The summed E-state index contributed by atoms with van der Waals surface area (Å²) in [6.07, 6.45) is 4.02. The van der Waals surface area contributed by atoms with Gasteiger partial charge in [0.15, 0.2) is 0 Å². The van der Waals surface area contributed by atoms with E-state index in [1.165, 1.54) is 24.1 Å². The standard InChI is InChI=1S/C13H18BrNO/c1-10-4-5-11(14)9-13(10)15-7-6-12-3-2-8-16-12/h4-5,9,12,15H,2-3,6-8H2,1H3. The van der Waals surface area contributed by atoms with Crippen molar-refractivity contribution in [3.8, 4) is 0 Å². The van der Waals surface area contributed by atoms with Gasteiger partial charge in [0.25, 0.3) is 0 Å². The summed E-state index contributed by atoms with van der Waals surface area (Å²) in [4.78, 5) is 0. The predicted octanol–water partition coefficient (Wildman–Crippen LogP) is 3.74. The van der Waals surface area contributed by atoms with Gasteiger partial charge in [-0.05, 0) is 43.9 Å². The summed E-state index contributed by atoms with van der Waals surface area (Å²) in [5, 5.41) is 3.47. The van der Waals surface area contributed by atoms with Crippen molar-refractivity contribution < 1.29 is 4.74 Å². The number of ether oxygens (including phenoxy) is 1. The molecular weight excluding hydrogens is 266 g/mol. The number of hydrogen-bond donors (Lipinski definition) is 1. The molecule has 1 atom stereocenters. The molecule has 1 aliphatic heterocycles. The second kappa shape index (κ2) is 5.69. The summed E-state index contributed by atoms with van der Waals surface area (Å²) in [7, 11) is 0. The van der Waals surface area contributed by atoms with Crippen molar-refractivity contribution in [2.75, 3.05) is 18.5 Å². The first-order valence-corrected chi connectivity index (χ1v) is 6.66. The molecule has 1 unspecified atom stereocenters. The maximum Gasteiger partial charge on any atom is 0.0592 e. The van der Waals surface area contributed by atoms with Crippen LogP contribution in [0.5, 0.6) is 0 Å². The molecule has 16 heavy (non-hydrogen) atoms. The van der Waals surface area contributed by atoms with Gasteiger partial charge in [0.1, 0.15) is 0 Å². The first-order valence-electron chi connectivity index (χ1n) is 5.87. The lowest BCUT2D eigenvalue weighted by atomic mass is 10.1. The summed E-state index contributed by atoms with van der Waals surface area (Å²) in [6.45, 7) is 4.06. The number of benzene rings is 1. The number of halogens is 1. The Morgan fingerprint density at radius 1 is 1.50 bits per heavy atom. The van der Waals surface area contributed by atoms with E-state index < -0.39 is 0 Å². The molecule has 1 heterocycles. The highest BCUT2D eigenvalue weighted by Crippen LogP contribution is 2.21. The van der Waals surface area contributed by atoms with Gasteiger partial charge in [-0.15, -0.1) is 0 Å². The Hall–Kier alpha value is -0.540. The fraction of sp³-hybridized carbons (Fsp3) is 0.538. The van der Waals surface area contributed by atoms with Gasteiger partial charge >= 0.3 is 0 Å². The molecule has 0 radical (unpaired) electrons. The zero-order chi connectivity index (χ0) is 11.4. The van der Waals surface area contributed by atoms with E-state index in [-0.39, 0.29) is 0 Å². The van der Waals surface area contributed by atoms with Crippen LogP contribution < -0.4 is 5.32 Å². The van der Waals surface area contributed by atoms with Crippen LogP contribution in [0.4, 0.5) is 5.69 Å². The number of hydrogen-bond acceptors (Lipinski definition) is 2. The van der Waals surface area contributed by atoms with Crippen molar-refractivity contribution >= 4 is 21.6 Å². The van der Waals surface area contributed by atoms with Crippen LogP contribution in [0, 0.1) is 6.92 Å². The molecule has 2 rings (SSSR count). The Labute approximate surface area is 106 Å². The predicted molar refractivity (Wildman–Crippen MR) is 71.0 cm³/mol. The lowest BCUT2D eigenvalue weighted by Crippen LogP contribution is -2.12. The van der Waals surface area contributed by atoms with Crippen LogP contribution in [0.2, 0.25) is 0 Å². The second-order valence-electron chi connectivity index (χ2n) is 4.31. The van der Waals surface area contributed by atoms with Crippen LogP contribution in [0.25, 0.3) is 0 Å². The first kappa shape index (κ1) is 11.9. The van der Waals surface area contributed by atoms with Crippen LogP contribution >= 0.6 is 15.9 Å². The summed E-state index contributed by atoms with van der Waals surface area (Å²) >= 11 is 3.49. The normalized spacial score (nSPS) is 20.0. The van der Waals surface area contributed by atoms with Crippen molar-refractivity contribution in [1.82, 2.24) is 0 Å². The Balaban J connectivity index is 1.82. The van der Waals surface area contributed by atoms with Crippen LogP contribution in [-0.4, -0.2) is 19.3 Å². The van der Waals surface area contributed by atoms with E-state index in [0.717, 1.165) is 24.0 Å². The molecule has 0 spiro atoms. The highest BCUT2D eigenvalue weighted by molar-refractivity contribution is 9.10. The second-order valence-corrected chi connectivity index (χ2v) is 5.23. The summed E-state index contributed by atoms with van der Waals surface area (Å²) in [6, 6.07) is 6.32. The van der Waals surface area contributed by atoms with Gasteiger partial charge in [-0.3, -0.25) is 0 Å². The molecule has 0 saturated carbocycles. The summed E-state index contributed by atoms with van der Waals surface area (Å²) in [5.74, 6) is 0. The van der Waals surface area contributed by atoms with E-state index in [1.54, 1.807) is 0 Å². The van der Waals surface area contributed by atoms with Crippen molar-refractivity contribution in [2.24, 2.45) is 0 Å². The van der Waals surface area contributed by atoms with E-state index in [1.807, 2.05) is 0 Å². The number of rotatable bonds is 4. The fourth-order valence-electron chi connectivity index (χ4n) is 2.02. The lowest BCUT2D eigenvalue weighted by Gasteiger charge is -2.12. The number of nitrogens with one attached hydrogen (secondary N) is 1. The monoisotopic (exact) mass is 283 g/mol. The third kappa shape index (κ3) is 3.22. The third-order valence-electron chi connectivity index (χ3n) is 3.01. The van der Waals surface area contributed by atoms with Gasteiger partial charge < -0.3 is 10.1 Å². The molecule has 1 saturated heterocycles. The van der Waals surface area contributed by atoms with E-state index in [2.05, 4.69) is 46.4 Å². The first-order chi connectivity index (χ1) is 7.75. The van der Waals surface area contributed by atoms with Crippen molar-refractivity contribution in [3.63, 3.8) is 0 Å². The number of aryl methyl sites for hydroxylation is 1. The Bertz CT molecular complexity index is 348. The summed E-state index contributed by atoms with van der Waals surface area (Å²) < 4.78 is 6.72. The molecule has 0 aromatic heterocycles. The zero-order valence-corrected chi connectivity index (χ0v) is 11.2. The van der Waals surface area contributed by atoms with Crippen LogP contribution in [0.3, 0.4) is 0 Å². The minimum atomic E-state index is 0.472. The largest absolute Gasteiger partial charge is 0.385 e. The average molecular weight is 284 g/mol. The van der Waals surface area contributed by atoms with Crippen LogP contribution in [-0.2, 0) is 4.74 Å². The maximum absolute atomic E-state index is 5.60. The molecule has 0 bridgehead atoms. The zero-order valence-electron chi connectivity index (χ0n) is 9.63. The highest BCUT2D eigenvalue weighted by atomic mass is 79.9. The molecular formula is C13H18BrNO. The molecule has 1 aromatic rings. The highest BCUT2D eigenvalue weighted by Gasteiger charge is 2.14. The molecule has 0 aliphatic carbocycles. The summed E-state index contributed by atoms with van der Waals surface area (Å²) in [5.41, 5.74) is 2.50. The van der Waals surface area contributed by atoms with Gasteiger partial charge in [0.2, 0.25) is 0 Å². The van der Waals surface area contributed by atoms with Gasteiger partial charge in [-0.1, -0.05) is 22.0 Å². The van der Waals surface area contributed by atoms with E-state index in [9.17, 15) is 0 Å². The quantitative estimate of drug-likeness (QED) is 0.909. The molecule has 1 fully saturated rings. The van der Waals surface area contributed by atoms with Gasteiger partial charge in [0.05, 0.1) is 6.10 Å².